The molecular weight excluding hydrogens is 512 g/mol. The van der Waals surface area contributed by atoms with Crippen LogP contribution in [0.1, 0.15) is 67.1 Å². The van der Waals surface area contributed by atoms with Gasteiger partial charge in [0.2, 0.25) is 0 Å². The minimum Gasteiger partial charge on any atom is -0.496 e. The minimum absolute atomic E-state index is 0.0185. The van der Waals surface area contributed by atoms with Crippen LogP contribution in [-0.4, -0.2) is 72.9 Å². The second kappa shape index (κ2) is 12.0. The van der Waals surface area contributed by atoms with Crippen molar-refractivity contribution in [3.8, 4) is 5.75 Å². The highest BCUT2D eigenvalue weighted by atomic mass is 32.2. The van der Waals surface area contributed by atoms with Crippen molar-refractivity contribution >= 4 is 27.7 Å². The number of methoxy groups -OCH3 is 1. The van der Waals surface area contributed by atoms with E-state index in [0.29, 0.717) is 23.3 Å². The first-order chi connectivity index (χ1) is 18.0. The number of hydrogen-bond acceptors (Lipinski definition) is 7. The van der Waals surface area contributed by atoms with Crippen LogP contribution < -0.4 is 10.1 Å². The number of carboxylic acids is 2. The molecule has 0 spiro atoms. The number of sulfone groups is 1. The number of hydrogen-bond donors (Lipinski definition) is 3. The fourth-order valence-corrected chi connectivity index (χ4v) is 7.07. The van der Waals surface area contributed by atoms with Gasteiger partial charge in [0.15, 0.2) is 9.84 Å². The molecule has 0 aliphatic carbocycles. The van der Waals surface area contributed by atoms with Gasteiger partial charge in [-0.1, -0.05) is 57.0 Å². The summed E-state index contributed by atoms with van der Waals surface area (Å²) in [5.41, 5.74) is 0.283. The van der Waals surface area contributed by atoms with E-state index in [9.17, 15) is 33.0 Å². The van der Waals surface area contributed by atoms with Crippen LogP contribution in [0.4, 0.5) is 0 Å². The van der Waals surface area contributed by atoms with Gasteiger partial charge in [0.1, 0.15) is 18.8 Å². The molecule has 0 saturated heterocycles. The molecule has 1 aliphatic rings. The van der Waals surface area contributed by atoms with Gasteiger partial charge >= 0.3 is 11.9 Å². The molecule has 0 radical (unpaired) electrons. The number of carboxylic acid groups (broad SMARTS) is 2. The van der Waals surface area contributed by atoms with Gasteiger partial charge in [0, 0.05) is 5.54 Å². The van der Waals surface area contributed by atoms with E-state index >= 15 is 0 Å². The Morgan fingerprint density at radius 3 is 2.24 bits per heavy atom. The number of nitrogens with zero attached hydrogens (tertiary/aromatic N) is 1. The zero-order valence-electron chi connectivity index (χ0n) is 21.8. The number of rotatable bonds is 11. The molecule has 0 unspecified atom stereocenters. The number of ether oxygens (including phenoxy) is 1. The van der Waals surface area contributed by atoms with E-state index in [1.165, 1.54) is 19.2 Å². The van der Waals surface area contributed by atoms with Crippen LogP contribution in [0, 0.1) is 0 Å². The van der Waals surface area contributed by atoms with Crippen LogP contribution >= 0.6 is 0 Å². The molecule has 206 valence electrons. The average molecular weight is 547 g/mol. The monoisotopic (exact) mass is 546 g/mol. The average Bonchev–Trinajstić information content (AvgIpc) is 2.97. The Labute approximate surface area is 222 Å². The minimum atomic E-state index is -3.94. The zero-order chi connectivity index (χ0) is 28.1. The molecule has 0 fully saturated rings. The smallest absolute Gasteiger partial charge is 0.323 e. The summed E-state index contributed by atoms with van der Waals surface area (Å²) in [6.07, 6.45) is 2.89. The van der Waals surface area contributed by atoms with Gasteiger partial charge in [0.25, 0.3) is 5.91 Å². The third-order valence-electron chi connectivity index (χ3n) is 6.88. The number of amides is 1. The number of aliphatic carboxylic acids is 2. The largest absolute Gasteiger partial charge is 0.496 e. The lowest BCUT2D eigenvalue weighted by atomic mass is 9.88. The molecule has 1 aliphatic heterocycles. The lowest BCUT2D eigenvalue weighted by molar-refractivity contribution is -0.140. The van der Waals surface area contributed by atoms with Gasteiger partial charge in [-0.05, 0) is 36.1 Å². The lowest BCUT2D eigenvalue weighted by Crippen LogP contribution is -2.50. The van der Waals surface area contributed by atoms with Crippen LogP contribution in [0.25, 0.3) is 0 Å². The summed E-state index contributed by atoms with van der Waals surface area (Å²) in [5.74, 6) is -3.94. The predicted molar refractivity (Wildman–Crippen MR) is 140 cm³/mol. The number of fused-ring (bicyclic) bond motifs is 1. The Kier molecular flexibility index (Phi) is 9.16. The Morgan fingerprint density at radius 1 is 1.08 bits per heavy atom. The van der Waals surface area contributed by atoms with Crippen LogP contribution in [0.3, 0.4) is 0 Å². The fraction of sp³-hybridized carbons (Fsp3) is 0.444. The Morgan fingerprint density at radius 2 is 1.71 bits per heavy atom. The van der Waals surface area contributed by atoms with Crippen molar-refractivity contribution in [1.82, 2.24) is 10.2 Å². The first kappa shape index (κ1) is 29.1. The maximum atomic E-state index is 13.9. The molecule has 2 aromatic carbocycles. The second-order valence-corrected chi connectivity index (χ2v) is 11.5. The summed E-state index contributed by atoms with van der Waals surface area (Å²) in [7, 11) is -2.63. The maximum Gasteiger partial charge on any atom is 0.323 e. The summed E-state index contributed by atoms with van der Waals surface area (Å²) in [4.78, 5) is 36.6. The maximum absolute atomic E-state index is 13.9. The molecule has 0 bridgehead atoms. The Balaban J connectivity index is 2.27. The molecule has 1 heterocycles. The molecule has 10 nitrogen and oxygen atoms in total. The van der Waals surface area contributed by atoms with E-state index in [1.807, 2.05) is 44.2 Å². The fourth-order valence-electron chi connectivity index (χ4n) is 4.92. The van der Waals surface area contributed by atoms with E-state index < -0.39 is 52.4 Å². The SMILES string of the molecule is CCCC[C@]1(CC)CS(=O)(=O)c2cc(C(=O)N(CC(=O)O)CC(=O)O)c(OC)cc2[C@@H](c2ccccc2)N1. The van der Waals surface area contributed by atoms with E-state index in [4.69, 9.17) is 4.74 Å². The number of carbonyl (C=O) groups is 3. The number of nitrogens with one attached hydrogen (secondary N) is 1. The standard InChI is InChI=1S/C27H34N2O8S/c1-4-6-12-27(5-2)17-38(35,36)22-14-19(26(34)29(15-23(30)31)16-24(32)33)21(37-3)13-20(22)25(28-27)18-10-8-7-9-11-18/h7-11,13-14,25,28H,4-6,12,15-17H2,1-3H3,(H,30,31)(H,32,33)/t25-,27-/m1/s1. The summed E-state index contributed by atoms with van der Waals surface area (Å²) in [6, 6.07) is 11.5. The van der Waals surface area contributed by atoms with Crippen molar-refractivity contribution in [3.63, 3.8) is 0 Å². The predicted octanol–water partition coefficient (Wildman–Crippen LogP) is 3.11. The Hall–Kier alpha value is -3.44. The van der Waals surface area contributed by atoms with Gasteiger partial charge in [-0.2, -0.15) is 0 Å². The summed E-state index contributed by atoms with van der Waals surface area (Å²) in [5, 5.41) is 22.1. The summed E-state index contributed by atoms with van der Waals surface area (Å²) < 4.78 is 33.3. The molecule has 38 heavy (non-hydrogen) atoms. The first-order valence-electron chi connectivity index (χ1n) is 12.5. The topological polar surface area (TPSA) is 150 Å². The van der Waals surface area contributed by atoms with Gasteiger partial charge < -0.3 is 19.8 Å². The molecule has 1 amide bonds. The van der Waals surface area contributed by atoms with Gasteiger partial charge in [0.05, 0.1) is 29.4 Å². The molecule has 0 saturated carbocycles. The van der Waals surface area contributed by atoms with Crippen LogP contribution in [0.5, 0.6) is 5.75 Å². The van der Waals surface area contributed by atoms with E-state index in [0.717, 1.165) is 18.4 Å². The van der Waals surface area contributed by atoms with Crippen molar-refractivity contribution < 1.29 is 37.8 Å². The zero-order valence-corrected chi connectivity index (χ0v) is 22.6. The molecule has 2 aromatic rings. The van der Waals surface area contributed by atoms with E-state index in [2.05, 4.69) is 5.32 Å². The quantitative estimate of drug-likeness (QED) is 0.386. The van der Waals surface area contributed by atoms with Crippen molar-refractivity contribution in [2.75, 3.05) is 26.0 Å². The molecule has 3 rings (SSSR count). The number of unbranched alkanes of at least 4 members (excludes halogenated alkanes) is 1. The van der Waals surface area contributed by atoms with Crippen molar-refractivity contribution in [3.05, 3.63) is 59.2 Å². The number of carbonyl (C=O) groups excluding carboxylic acids is 1. The second-order valence-electron chi connectivity index (χ2n) is 9.52. The molecule has 11 heteroatoms. The molecule has 3 N–H and O–H groups in total. The van der Waals surface area contributed by atoms with Gasteiger partial charge in [-0.15, -0.1) is 0 Å². The first-order valence-corrected chi connectivity index (χ1v) is 14.1. The van der Waals surface area contributed by atoms with Crippen molar-refractivity contribution in [1.29, 1.82) is 0 Å². The van der Waals surface area contributed by atoms with Gasteiger partial charge in [-0.3, -0.25) is 19.7 Å². The van der Waals surface area contributed by atoms with Gasteiger partial charge in [-0.25, -0.2) is 8.42 Å². The molecular formula is C27H34N2O8S. The Bertz CT molecular complexity index is 1280. The van der Waals surface area contributed by atoms with Crippen LogP contribution in [0.15, 0.2) is 47.4 Å². The number of benzene rings is 2. The van der Waals surface area contributed by atoms with Crippen molar-refractivity contribution in [2.24, 2.45) is 0 Å². The normalized spacial score (nSPS) is 20.1. The van der Waals surface area contributed by atoms with Crippen LogP contribution in [-0.2, 0) is 19.4 Å². The molecule has 0 aromatic heterocycles. The lowest BCUT2D eigenvalue weighted by Gasteiger charge is -2.36. The third-order valence-corrected chi connectivity index (χ3v) is 8.84. The highest BCUT2D eigenvalue weighted by Crippen LogP contribution is 2.41. The van der Waals surface area contributed by atoms with E-state index in [-0.39, 0.29) is 22.0 Å². The highest BCUT2D eigenvalue weighted by molar-refractivity contribution is 7.91. The van der Waals surface area contributed by atoms with E-state index in [1.54, 1.807) is 0 Å². The van der Waals surface area contributed by atoms with Crippen LogP contribution in [0.2, 0.25) is 0 Å². The molecule has 2 atom stereocenters. The highest BCUT2D eigenvalue weighted by Gasteiger charge is 2.43. The third kappa shape index (κ3) is 6.33. The summed E-state index contributed by atoms with van der Waals surface area (Å²) >= 11 is 0. The summed E-state index contributed by atoms with van der Waals surface area (Å²) in [6.45, 7) is 2.24. The van der Waals surface area contributed by atoms with Crippen molar-refractivity contribution in [2.45, 2.75) is 56.0 Å².